The van der Waals surface area contributed by atoms with E-state index in [1.807, 2.05) is 6.07 Å². The van der Waals surface area contributed by atoms with Gasteiger partial charge in [-0.2, -0.15) is 0 Å². The van der Waals surface area contributed by atoms with Gasteiger partial charge in [0.25, 0.3) is 0 Å². The van der Waals surface area contributed by atoms with Crippen LogP contribution in [-0.2, 0) is 6.42 Å². The number of hydrogen-bond acceptors (Lipinski definition) is 2. The molecule has 9 aromatic carbocycles. The van der Waals surface area contributed by atoms with Crippen molar-refractivity contribution in [1.29, 1.82) is 0 Å². The van der Waals surface area contributed by atoms with Crippen LogP contribution in [0.2, 0.25) is 0 Å². The highest BCUT2D eigenvalue weighted by Crippen LogP contribution is 2.39. The number of nitrogens with two attached hydrogens (primary N) is 1. The van der Waals surface area contributed by atoms with E-state index in [1.54, 1.807) is 0 Å². The zero-order valence-corrected chi connectivity index (χ0v) is 29.3. The van der Waals surface area contributed by atoms with Gasteiger partial charge < -0.3 is 10.2 Å². The summed E-state index contributed by atoms with van der Waals surface area (Å²) in [6, 6.07) is 62.3. The third-order valence-corrected chi connectivity index (χ3v) is 11.0. The first kappa shape index (κ1) is 30.5. The molecule has 11 rings (SSSR count). The fourth-order valence-corrected chi connectivity index (χ4v) is 8.45. The van der Waals surface area contributed by atoms with Crippen LogP contribution in [0.15, 0.2) is 185 Å². The molecule has 0 radical (unpaired) electrons. The Morgan fingerprint density at radius 1 is 0.463 bits per heavy atom. The molecule has 0 aliphatic heterocycles. The van der Waals surface area contributed by atoms with E-state index in [0.717, 1.165) is 65.9 Å². The molecular weight excluding hydrogens is 659 g/mol. The second kappa shape index (κ2) is 11.9. The van der Waals surface area contributed by atoms with E-state index in [4.69, 9.17) is 15.1 Å². The highest BCUT2D eigenvalue weighted by Gasteiger charge is 2.18. The molecule has 0 bridgehead atoms. The Kier molecular flexibility index (Phi) is 6.73. The molecule has 2 heterocycles. The van der Waals surface area contributed by atoms with Crippen LogP contribution in [0.5, 0.6) is 0 Å². The summed E-state index contributed by atoms with van der Waals surface area (Å²) in [7, 11) is 0. The van der Waals surface area contributed by atoms with E-state index < -0.39 is 0 Å². The van der Waals surface area contributed by atoms with Gasteiger partial charge in [0, 0.05) is 28.0 Å². The number of para-hydroxylation sites is 1. The minimum Gasteiger partial charge on any atom is -0.456 e. The lowest BCUT2D eigenvalue weighted by Gasteiger charge is -2.11. The summed E-state index contributed by atoms with van der Waals surface area (Å²) in [4.78, 5) is 5.21. The standard InChI is InChI=1S/C50H33N3O/c51-50(52-43-18-8-6-15-38(43)27-39-16-9-19-46-48(39)49-40-17-7-5-11-32(40)23-25-47(49)54-46)53-44-24-22-37(36-21-20-31-10-1-2-12-33(31)26-36)29-41(44)42-28-34-13-3-4-14-35(34)30-45(42)53/h1-26,28-30H,27H2,(H2,51,52). The largest absolute Gasteiger partial charge is 0.456 e. The van der Waals surface area contributed by atoms with Gasteiger partial charge in [0.2, 0.25) is 5.96 Å². The maximum absolute atomic E-state index is 7.13. The van der Waals surface area contributed by atoms with E-state index in [2.05, 4.69) is 174 Å². The van der Waals surface area contributed by atoms with E-state index in [9.17, 15) is 0 Å². The van der Waals surface area contributed by atoms with Crippen LogP contribution < -0.4 is 5.73 Å². The van der Waals surface area contributed by atoms with Crippen molar-refractivity contribution in [1.82, 2.24) is 4.57 Å². The second-order valence-corrected chi connectivity index (χ2v) is 14.2. The monoisotopic (exact) mass is 691 g/mol. The van der Waals surface area contributed by atoms with Gasteiger partial charge in [0.1, 0.15) is 11.2 Å². The number of rotatable bonds is 4. The van der Waals surface area contributed by atoms with Crippen molar-refractivity contribution >= 4 is 87.7 Å². The number of nitrogens with zero attached hydrogens (tertiary/aromatic N) is 2. The first-order valence-corrected chi connectivity index (χ1v) is 18.4. The average molecular weight is 692 g/mol. The topological polar surface area (TPSA) is 56.4 Å². The minimum absolute atomic E-state index is 0.425. The molecular formula is C50H33N3O. The van der Waals surface area contributed by atoms with Gasteiger partial charge in [-0.3, -0.25) is 4.57 Å². The smallest absolute Gasteiger partial charge is 0.205 e. The number of benzene rings is 9. The Hall–Kier alpha value is -7.17. The maximum atomic E-state index is 7.13. The van der Waals surface area contributed by atoms with Gasteiger partial charge in [-0.1, -0.05) is 127 Å². The number of aliphatic imine (C=N–C) groups is 1. The van der Waals surface area contributed by atoms with Gasteiger partial charge >= 0.3 is 0 Å². The fraction of sp³-hybridized carbons (Fsp3) is 0.0200. The molecule has 0 fully saturated rings. The minimum atomic E-state index is 0.425. The lowest BCUT2D eigenvalue weighted by molar-refractivity contribution is 0.669. The first-order chi connectivity index (χ1) is 26.7. The van der Waals surface area contributed by atoms with Crippen LogP contribution in [0.1, 0.15) is 11.1 Å². The highest BCUT2D eigenvalue weighted by molar-refractivity contribution is 6.20. The van der Waals surface area contributed by atoms with Crippen LogP contribution in [0.3, 0.4) is 0 Å². The molecule has 0 saturated heterocycles. The van der Waals surface area contributed by atoms with Crippen molar-refractivity contribution in [2.75, 3.05) is 0 Å². The molecule has 0 aliphatic carbocycles. The van der Waals surface area contributed by atoms with Crippen molar-refractivity contribution in [3.8, 4) is 11.1 Å². The summed E-state index contributed by atoms with van der Waals surface area (Å²) in [6.45, 7) is 0. The molecule has 0 atom stereocenters. The molecule has 0 spiro atoms. The third kappa shape index (κ3) is 4.81. The Labute approximate surface area is 311 Å². The first-order valence-electron chi connectivity index (χ1n) is 18.4. The Bertz CT molecular complexity index is 3330. The zero-order valence-electron chi connectivity index (χ0n) is 29.3. The van der Waals surface area contributed by atoms with Crippen molar-refractivity contribution < 1.29 is 4.42 Å². The predicted molar refractivity (Wildman–Crippen MR) is 227 cm³/mol. The van der Waals surface area contributed by atoms with E-state index in [1.165, 1.54) is 38.1 Å². The SMILES string of the molecule is N/C(=N\c1ccccc1Cc1cccc2oc3ccc4ccccc4c3c12)n1c2ccc(-c3ccc4ccccc4c3)cc2c2cc3ccccc3cc21. The predicted octanol–water partition coefficient (Wildman–Crippen LogP) is 12.9. The van der Waals surface area contributed by atoms with Crippen LogP contribution >= 0.6 is 0 Å². The molecule has 254 valence electrons. The molecule has 0 unspecified atom stereocenters. The van der Waals surface area contributed by atoms with Crippen LogP contribution in [0.25, 0.3) is 87.2 Å². The van der Waals surface area contributed by atoms with Crippen LogP contribution in [0.4, 0.5) is 5.69 Å². The Balaban J connectivity index is 1.07. The Morgan fingerprint density at radius 3 is 1.96 bits per heavy atom. The molecule has 2 aromatic heterocycles. The highest BCUT2D eigenvalue weighted by atomic mass is 16.3. The number of aromatic nitrogens is 1. The number of hydrogen-bond donors (Lipinski definition) is 1. The summed E-state index contributed by atoms with van der Waals surface area (Å²) < 4.78 is 8.52. The van der Waals surface area contributed by atoms with E-state index >= 15 is 0 Å². The van der Waals surface area contributed by atoms with Gasteiger partial charge in [-0.05, 0) is 103 Å². The lowest BCUT2D eigenvalue weighted by Crippen LogP contribution is -2.21. The van der Waals surface area contributed by atoms with Crippen molar-refractivity contribution in [2.45, 2.75) is 6.42 Å². The zero-order chi connectivity index (χ0) is 35.8. The lowest BCUT2D eigenvalue weighted by atomic mass is 9.96. The maximum Gasteiger partial charge on any atom is 0.205 e. The molecule has 4 nitrogen and oxygen atoms in total. The van der Waals surface area contributed by atoms with Crippen molar-refractivity contribution in [3.63, 3.8) is 0 Å². The van der Waals surface area contributed by atoms with Crippen LogP contribution in [-0.4, -0.2) is 10.5 Å². The molecule has 54 heavy (non-hydrogen) atoms. The number of furan rings is 1. The molecule has 0 aliphatic rings. The normalized spacial score (nSPS) is 12.3. The second-order valence-electron chi connectivity index (χ2n) is 14.2. The van der Waals surface area contributed by atoms with Crippen molar-refractivity contribution in [2.24, 2.45) is 10.7 Å². The van der Waals surface area contributed by atoms with E-state index in [0.29, 0.717) is 12.4 Å². The number of fused-ring (bicyclic) bond motifs is 10. The van der Waals surface area contributed by atoms with Gasteiger partial charge in [-0.15, -0.1) is 0 Å². The summed E-state index contributed by atoms with van der Waals surface area (Å²) in [5, 5.41) is 11.8. The molecule has 2 N–H and O–H groups in total. The van der Waals surface area contributed by atoms with Crippen LogP contribution in [0, 0.1) is 0 Å². The fourth-order valence-electron chi connectivity index (χ4n) is 8.45. The summed E-state index contributed by atoms with van der Waals surface area (Å²) in [6.07, 6.45) is 0.676. The molecule has 0 amide bonds. The van der Waals surface area contributed by atoms with Gasteiger partial charge in [0.05, 0.1) is 16.7 Å². The molecule has 0 saturated carbocycles. The third-order valence-electron chi connectivity index (χ3n) is 11.0. The summed E-state index contributed by atoms with van der Waals surface area (Å²) >= 11 is 0. The Morgan fingerprint density at radius 2 is 1.09 bits per heavy atom. The van der Waals surface area contributed by atoms with Gasteiger partial charge in [-0.25, -0.2) is 4.99 Å². The quantitative estimate of drug-likeness (QED) is 0.148. The average Bonchev–Trinajstić information content (AvgIpc) is 3.76. The molecule has 4 heteroatoms. The molecule has 11 aromatic rings. The van der Waals surface area contributed by atoms with E-state index in [-0.39, 0.29) is 0 Å². The van der Waals surface area contributed by atoms with Crippen molar-refractivity contribution in [3.05, 3.63) is 187 Å². The summed E-state index contributed by atoms with van der Waals surface area (Å²) in [5.74, 6) is 0.425. The van der Waals surface area contributed by atoms with Gasteiger partial charge in [0.15, 0.2) is 0 Å². The summed E-state index contributed by atoms with van der Waals surface area (Å²) in [5.41, 5.74) is 16.4.